The summed E-state index contributed by atoms with van der Waals surface area (Å²) in [6.45, 7) is 0.714. The Labute approximate surface area is 386 Å². The van der Waals surface area contributed by atoms with Gasteiger partial charge in [-0.05, 0) is 109 Å². The molecule has 14 rings (SSSR count). The van der Waals surface area contributed by atoms with Crippen LogP contribution in [-0.4, -0.2) is 21.6 Å². The zero-order valence-corrected chi connectivity index (χ0v) is 36.3. The molecular weight excluding hydrogens is 819 g/mol. The van der Waals surface area contributed by atoms with Crippen molar-refractivity contribution in [2.24, 2.45) is 0 Å². The van der Waals surface area contributed by atoms with E-state index in [-0.39, 0.29) is 0 Å². The summed E-state index contributed by atoms with van der Waals surface area (Å²) in [4.78, 5) is 15.9. The maximum Gasteiger partial charge on any atom is 0.164 e. The molecule has 0 saturated carbocycles. The molecule has 0 spiro atoms. The van der Waals surface area contributed by atoms with Gasteiger partial charge in [0.15, 0.2) is 17.5 Å². The molecule has 0 radical (unpaired) electrons. The number of aromatic nitrogens is 3. The molecule has 1 aliphatic heterocycles. The van der Waals surface area contributed by atoms with Gasteiger partial charge in [-0.1, -0.05) is 170 Å². The number of fused-ring (bicyclic) bond motifs is 10. The maximum absolute atomic E-state index is 6.75. The Bertz CT molecular complexity index is 3930. The molecule has 314 valence electrons. The highest BCUT2D eigenvalue weighted by atomic mass is 16.5. The molecule has 0 N–H and O–H groups in total. The van der Waals surface area contributed by atoms with Crippen LogP contribution in [0.15, 0.2) is 217 Å². The Kier molecular flexibility index (Phi) is 8.25. The summed E-state index contributed by atoms with van der Waals surface area (Å²) in [6, 6.07) is 75.9. The lowest BCUT2D eigenvalue weighted by atomic mass is 9.67. The lowest BCUT2D eigenvalue weighted by molar-refractivity contribution is 0.360. The standard InChI is InChI=1S/C62H39N3O2/c1-3-15-45(16-4-1)62(46-17-5-2-6-18-46)54-22-12-11-20-48(54)49-28-26-43(35-55(49)62)60-63-59(42-24-23-38-13-7-8-14-39(38)33-42)64-61(65-60)44-27-30-51-50-29-25-40(36-56(50)67-57(51)37-44)53-34-41-31-32-66-58(41)52-21-10-9-19-47(52)53/h1-30,33-37H,31-32H2. The van der Waals surface area contributed by atoms with Crippen LogP contribution in [0.5, 0.6) is 5.75 Å². The predicted molar refractivity (Wildman–Crippen MR) is 270 cm³/mol. The van der Waals surface area contributed by atoms with Crippen LogP contribution in [0.25, 0.3) is 99.9 Å². The first kappa shape index (κ1) is 37.7. The Hall–Kier alpha value is -8.67. The zero-order valence-electron chi connectivity index (χ0n) is 36.3. The van der Waals surface area contributed by atoms with Gasteiger partial charge in [0.25, 0.3) is 0 Å². The second kappa shape index (κ2) is 14.7. The second-order valence-corrected chi connectivity index (χ2v) is 17.7. The van der Waals surface area contributed by atoms with Crippen molar-refractivity contribution in [2.45, 2.75) is 11.8 Å². The second-order valence-electron chi connectivity index (χ2n) is 17.7. The average Bonchev–Trinajstić information content (AvgIpc) is 4.11. The van der Waals surface area contributed by atoms with Gasteiger partial charge in [0.1, 0.15) is 16.9 Å². The summed E-state index contributed by atoms with van der Waals surface area (Å²) in [5.41, 5.74) is 14.6. The van der Waals surface area contributed by atoms with Gasteiger partial charge in [0.05, 0.1) is 12.0 Å². The lowest BCUT2D eigenvalue weighted by Crippen LogP contribution is -2.28. The molecule has 1 aliphatic carbocycles. The van der Waals surface area contributed by atoms with Crippen LogP contribution in [0.1, 0.15) is 27.8 Å². The topological polar surface area (TPSA) is 61.0 Å². The number of furan rings is 1. The van der Waals surface area contributed by atoms with E-state index in [4.69, 9.17) is 24.1 Å². The van der Waals surface area contributed by atoms with Crippen LogP contribution in [-0.2, 0) is 11.8 Å². The number of hydrogen-bond acceptors (Lipinski definition) is 5. The number of nitrogens with zero attached hydrogens (tertiary/aromatic N) is 3. The zero-order chi connectivity index (χ0) is 44.1. The van der Waals surface area contributed by atoms with Crippen LogP contribution in [0.2, 0.25) is 0 Å². The van der Waals surface area contributed by atoms with E-state index in [0.29, 0.717) is 24.1 Å². The first-order chi connectivity index (χ1) is 33.2. The quantitative estimate of drug-likeness (QED) is 0.167. The third kappa shape index (κ3) is 5.78. The third-order valence-corrected chi connectivity index (χ3v) is 14.1. The smallest absolute Gasteiger partial charge is 0.164 e. The van der Waals surface area contributed by atoms with E-state index in [0.717, 1.165) is 72.5 Å². The highest BCUT2D eigenvalue weighted by molar-refractivity contribution is 6.08. The van der Waals surface area contributed by atoms with Crippen molar-refractivity contribution >= 4 is 43.5 Å². The highest BCUT2D eigenvalue weighted by Gasteiger charge is 2.46. The van der Waals surface area contributed by atoms with Crippen molar-refractivity contribution in [1.29, 1.82) is 0 Å². The molecule has 0 bridgehead atoms. The normalized spacial score (nSPS) is 13.5. The Morgan fingerprint density at radius 3 is 1.67 bits per heavy atom. The van der Waals surface area contributed by atoms with Crippen molar-refractivity contribution in [3.05, 3.63) is 240 Å². The molecular formula is C62H39N3O2. The van der Waals surface area contributed by atoms with Crippen molar-refractivity contribution in [3.8, 4) is 62.2 Å². The Morgan fingerprint density at radius 2 is 0.925 bits per heavy atom. The summed E-state index contributed by atoms with van der Waals surface area (Å²) in [5, 5.41) is 6.71. The van der Waals surface area contributed by atoms with Crippen molar-refractivity contribution in [1.82, 2.24) is 15.0 Å². The molecule has 2 aromatic heterocycles. The molecule has 67 heavy (non-hydrogen) atoms. The molecule has 0 unspecified atom stereocenters. The van der Waals surface area contributed by atoms with Crippen LogP contribution in [0.4, 0.5) is 0 Å². The van der Waals surface area contributed by atoms with Crippen LogP contribution in [0.3, 0.4) is 0 Å². The van der Waals surface area contributed by atoms with Crippen LogP contribution in [0, 0.1) is 0 Å². The fourth-order valence-electron chi connectivity index (χ4n) is 11.0. The van der Waals surface area contributed by atoms with Gasteiger partial charge in [-0.15, -0.1) is 0 Å². The summed E-state index contributed by atoms with van der Waals surface area (Å²) < 4.78 is 12.8. The van der Waals surface area contributed by atoms with Crippen molar-refractivity contribution < 1.29 is 9.15 Å². The maximum atomic E-state index is 6.75. The summed E-state index contributed by atoms with van der Waals surface area (Å²) in [7, 11) is 0. The summed E-state index contributed by atoms with van der Waals surface area (Å²) >= 11 is 0. The Morgan fingerprint density at radius 1 is 0.373 bits per heavy atom. The first-order valence-corrected chi connectivity index (χ1v) is 22.9. The van der Waals surface area contributed by atoms with Gasteiger partial charge in [-0.2, -0.15) is 0 Å². The van der Waals surface area contributed by atoms with Gasteiger partial charge in [0, 0.05) is 39.3 Å². The van der Waals surface area contributed by atoms with E-state index >= 15 is 0 Å². The molecule has 2 aliphatic rings. The number of rotatable bonds is 6. The van der Waals surface area contributed by atoms with E-state index in [2.05, 4.69) is 212 Å². The third-order valence-electron chi connectivity index (χ3n) is 14.1. The van der Waals surface area contributed by atoms with E-state index < -0.39 is 5.41 Å². The summed E-state index contributed by atoms with van der Waals surface area (Å²) in [5.74, 6) is 2.79. The van der Waals surface area contributed by atoms with Gasteiger partial charge in [-0.3, -0.25) is 0 Å². The largest absolute Gasteiger partial charge is 0.492 e. The fourth-order valence-corrected chi connectivity index (χ4v) is 11.0. The molecule has 10 aromatic carbocycles. The van der Waals surface area contributed by atoms with Crippen molar-refractivity contribution in [2.75, 3.05) is 6.61 Å². The number of ether oxygens (including phenoxy) is 1. The molecule has 12 aromatic rings. The molecule has 0 saturated heterocycles. The first-order valence-electron chi connectivity index (χ1n) is 22.9. The minimum atomic E-state index is -0.560. The van der Waals surface area contributed by atoms with Gasteiger partial charge in [-0.25, -0.2) is 15.0 Å². The molecule has 0 amide bonds. The van der Waals surface area contributed by atoms with Gasteiger partial charge in [0.2, 0.25) is 0 Å². The monoisotopic (exact) mass is 857 g/mol. The molecule has 5 heteroatoms. The molecule has 0 fully saturated rings. The summed E-state index contributed by atoms with van der Waals surface area (Å²) in [6.07, 6.45) is 0.910. The average molecular weight is 858 g/mol. The van der Waals surface area contributed by atoms with Gasteiger partial charge >= 0.3 is 0 Å². The van der Waals surface area contributed by atoms with Crippen LogP contribution >= 0.6 is 0 Å². The predicted octanol–water partition coefficient (Wildman–Crippen LogP) is 15.0. The van der Waals surface area contributed by atoms with E-state index in [1.54, 1.807) is 0 Å². The molecule has 3 heterocycles. The molecule has 5 nitrogen and oxygen atoms in total. The lowest BCUT2D eigenvalue weighted by Gasteiger charge is -2.34. The number of benzene rings is 10. The number of hydrogen-bond donors (Lipinski definition) is 0. The Balaban J connectivity index is 0.942. The van der Waals surface area contributed by atoms with Crippen LogP contribution < -0.4 is 4.74 Å². The van der Waals surface area contributed by atoms with Gasteiger partial charge < -0.3 is 9.15 Å². The molecule has 0 atom stereocenters. The fraction of sp³-hybridized carbons (Fsp3) is 0.0484. The van der Waals surface area contributed by atoms with E-state index in [1.165, 1.54) is 49.9 Å². The SMILES string of the molecule is c1ccc(C2(c3ccccc3)c3ccccc3-c3ccc(-c4nc(-c5ccc6ccccc6c5)nc(-c5ccc6c(c5)oc5cc(-c7cc8c(c9ccccc79)OCC8)ccc56)n4)cc32)cc1. The van der Waals surface area contributed by atoms with Crippen molar-refractivity contribution in [3.63, 3.8) is 0 Å². The highest BCUT2D eigenvalue weighted by Crippen LogP contribution is 2.56. The van der Waals surface area contributed by atoms with E-state index in [9.17, 15) is 0 Å². The minimum absolute atomic E-state index is 0.560. The van der Waals surface area contributed by atoms with E-state index in [1.807, 2.05) is 0 Å². The minimum Gasteiger partial charge on any atom is -0.492 e.